The van der Waals surface area contributed by atoms with Gasteiger partial charge in [-0.3, -0.25) is 0 Å². The van der Waals surface area contributed by atoms with E-state index in [0.29, 0.717) is 16.3 Å². The third-order valence-electron chi connectivity index (χ3n) is 4.14. The fraction of sp³-hybridized carbons (Fsp3) is 0.375. The second-order valence-electron chi connectivity index (χ2n) is 5.52. The van der Waals surface area contributed by atoms with Crippen LogP contribution in [0.25, 0.3) is 10.8 Å². The number of aliphatic hydroxyl groups excluding tert-OH is 3. The Bertz CT molecular complexity index is 686. The van der Waals surface area contributed by atoms with E-state index in [0.717, 1.165) is 0 Å². The zero-order valence-electron chi connectivity index (χ0n) is 11.8. The van der Waals surface area contributed by atoms with E-state index >= 15 is 0 Å². The molecule has 1 aliphatic heterocycles. The summed E-state index contributed by atoms with van der Waals surface area (Å²) in [4.78, 5) is 0. The normalized spacial score (nSPS) is 28.9. The first kappa shape index (κ1) is 15.1. The third kappa shape index (κ3) is 2.40. The minimum absolute atomic E-state index is 0.0429. The van der Waals surface area contributed by atoms with Crippen molar-refractivity contribution in [1.29, 1.82) is 0 Å². The number of aromatic hydroxyl groups is 2. The number of hydrogen-bond donors (Lipinski definition) is 5. The predicted octanol–water partition coefficient (Wildman–Crippen LogP) is 0.795. The van der Waals surface area contributed by atoms with Crippen molar-refractivity contribution in [3.63, 3.8) is 0 Å². The van der Waals surface area contributed by atoms with Gasteiger partial charge < -0.3 is 30.3 Å². The van der Waals surface area contributed by atoms with Crippen molar-refractivity contribution in [3.05, 3.63) is 35.9 Å². The van der Waals surface area contributed by atoms with E-state index in [2.05, 4.69) is 0 Å². The van der Waals surface area contributed by atoms with Crippen LogP contribution < -0.4 is 0 Å². The smallest absolute Gasteiger partial charge is 0.129 e. The van der Waals surface area contributed by atoms with Crippen molar-refractivity contribution in [2.75, 3.05) is 6.61 Å². The minimum atomic E-state index is -1.16. The first-order valence-electron chi connectivity index (χ1n) is 7.09. The molecule has 0 amide bonds. The van der Waals surface area contributed by atoms with Crippen molar-refractivity contribution in [2.45, 2.75) is 30.8 Å². The lowest BCUT2D eigenvalue weighted by molar-refractivity contribution is -0.181. The summed E-state index contributed by atoms with van der Waals surface area (Å²) >= 11 is 0. The molecule has 4 atom stereocenters. The zero-order valence-corrected chi connectivity index (χ0v) is 11.8. The summed E-state index contributed by atoms with van der Waals surface area (Å²) in [6.07, 6.45) is -3.66. The second kappa shape index (κ2) is 5.73. The number of phenols is 2. The van der Waals surface area contributed by atoms with E-state index < -0.39 is 31.0 Å². The summed E-state index contributed by atoms with van der Waals surface area (Å²) in [6, 6.07) is 8.10. The summed E-state index contributed by atoms with van der Waals surface area (Å²) in [5.74, 6) is 0.0197. The molecule has 0 saturated carbocycles. The maximum Gasteiger partial charge on any atom is 0.129 e. The van der Waals surface area contributed by atoms with Crippen LogP contribution in [0, 0.1) is 0 Å². The average Bonchev–Trinajstić information content (AvgIpc) is 2.51. The van der Waals surface area contributed by atoms with Crippen LogP contribution in [0.1, 0.15) is 18.1 Å². The summed E-state index contributed by atoms with van der Waals surface area (Å²) in [5.41, 5.74) is 0.447. The van der Waals surface area contributed by atoms with Crippen LogP contribution in [0.3, 0.4) is 0 Å². The van der Waals surface area contributed by atoms with E-state index in [1.165, 1.54) is 6.07 Å². The van der Waals surface area contributed by atoms with Crippen LogP contribution >= 0.6 is 0 Å². The van der Waals surface area contributed by atoms with Crippen LogP contribution in [0.4, 0.5) is 0 Å². The Morgan fingerprint density at radius 2 is 1.82 bits per heavy atom. The minimum Gasteiger partial charge on any atom is -0.507 e. The molecule has 2 aromatic carbocycles. The maximum absolute atomic E-state index is 10.4. The second-order valence-corrected chi connectivity index (χ2v) is 5.52. The van der Waals surface area contributed by atoms with Crippen molar-refractivity contribution in [3.8, 4) is 11.5 Å². The third-order valence-corrected chi connectivity index (χ3v) is 4.14. The lowest BCUT2D eigenvalue weighted by Crippen LogP contribution is -2.47. The van der Waals surface area contributed by atoms with Gasteiger partial charge in [0.05, 0.1) is 18.8 Å². The molecule has 6 heteroatoms. The summed E-state index contributed by atoms with van der Waals surface area (Å²) in [5, 5.41) is 50.1. The van der Waals surface area contributed by atoms with E-state index in [9.17, 15) is 25.5 Å². The van der Waals surface area contributed by atoms with Gasteiger partial charge in [0.15, 0.2) is 0 Å². The van der Waals surface area contributed by atoms with Crippen molar-refractivity contribution in [2.24, 2.45) is 0 Å². The molecule has 2 aromatic rings. The van der Waals surface area contributed by atoms with Crippen molar-refractivity contribution < 1.29 is 30.3 Å². The Morgan fingerprint density at radius 1 is 1.05 bits per heavy atom. The summed E-state index contributed by atoms with van der Waals surface area (Å²) in [7, 11) is 0. The molecule has 1 fully saturated rings. The molecule has 1 heterocycles. The Hall–Kier alpha value is -1.86. The highest BCUT2D eigenvalue weighted by Crippen LogP contribution is 2.41. The molecular weight excluding hydrogens is 288 g/mol. The molecule has 6 nitrogen and oxygen atoms in total. The molecule has 1 aliphatic rings. The van der Waals surface area contributed by atoms with Crippen LogP contribution in [0.15, 0.2) is 30.3 Å². The Balaban J connectivity index is 2.01. The van der Waals surface area contributed by atoms with Gasteiger partial charge in [-0.1, -0.05) is 24.3 Å². The van der Waals surface area contributed by atoms with Gasteiger partial charge in [0.2, 0.25) is 0 Å². The standard InChI is InChI=1S/C16H18O6/c17-7-14-16(21)12(19)6-13(22-14)10-5-4-8-9(15(10)20)2-1-3-11(8)18/h1-5,12-14,16-21H,6-7H2/t12-,13-,14-,16+/m1/s1. The number of ether oxygens (including phenoxy) is 1. The lowest BCUT2D eigenvalue weighted by atomic mass is 9.92. The molecule has 0 aromatic heterocycles. The largest absolute Gasteiger partial charge is 0.507 e. The van der Waals surface area contributed by atoms with Crippen molar-refractivity contribution in [1.82, 2.24) is 0 Å². The fourth-order valence-electron chi connectivity index (χ4n) is 2.91. The molecule has 5 N–H and O–H groups in total. The van der Waals surface area contributed by atoms with E-state index in [1.54, 1.807) is 24.3 Å². The molecule has 3 rings (SSSR count). The van der Waals surface area contributed by atoms with Gasteiger partial charge in [0.25, 0.3) is 0 Å². The number of aliphatic hydroxyl groups is 3. The number of rotatable bonds is 2. The Kier molecular flexibility index (Phi) is 3.92. The van der Waals surface area contributed by atoms with E-state index in [-0.39, 0.29) is 17.9 Å². The van der Waals surface area contributed by atoms with Crippen LogP contribution in [0.2, 0.25) is 0 Å². The zero-order chi connectivity index (χ0) is 15.9. The van der Waals surface area contributed by atoms with Gasteiger partial charge >= 0.3 is 0 Å². The number of fused-ring (bicyclic) bond motifs is 1. The monoisotopic (exact) mass is 306 g/mol. The van der Waals surface area contributed by atoms with Gasteiger partial charge in [-0.25, -0.2) is 0 Å². The van der Waals surface area contributed by atoms with E-state index in [4.69, 9.17) is 4.74 Å². The topological polar surface area (TPSA) is 110 Å². The van der Waals surface area contributed by atoms with Crippen molar-refractivity contribution >= 4 is 10.8 Å². The maximum atomic E-state index is 10.4. The molecule has 0 bridgehead atoms. The van der Waals surface area contributed by atoms with Gasteiger partial charge in [0.1, 0.15) is 23.7 Å². The number of hydrogen-bond acceptors (Lipinski definition) is 6. The number of benzene rings is 2. The summed E-state index contributed by atoms with van der Waals surface area (Å²) < 4.78 is 5.58. The average molecular weight is 306 g/mol. The number of phenolic OH excluding ortho intramolecular Hbond substituents is 2. The highest BCUT2D eigenvalue weighted by molar-refractivity contribution is 5.93. The molecule has 0 spiro atoms. The predicted molar refractivity (Wildman–Crippen MR) is 78.6 cm³/mol. The SMILES string of the molecule is OC[C@H]1O[C@@H](c2ccc3c(O)cccc3c2O)C[C@@H](O)[C@@H]1O. The quantitative estimate of drug-likeness (QED) is 0.561. The van der Waals surface area contributed by atoms with Crippen LogP contribution in [-0.4, -0.2) is 50.5 Å². The van der Waals surface area contributed by atoms with Gasteiger partial charge in [-0.05, 0) is 6.07 Å². The molecular formula is C16H18O6. The fourth-order valence-corrected chi connectivity index (χ4v) is 2.91. The first-order chi connectivity index (χ1) is 10.5. The Morgan fingerprint density at radius 3 is 2.55 bits per heavy atom. The molecule has 1 saturated heterocycles. The highest BCUT2D eigenvalue weighted by atomic mass is 16.5. The summed E-state index contributed by atoms with van der Waals surface area (Å²) in [6.45, 7) is -0.427. The van der Waals surface area contributed by atoms with Gasteiger partial charge in [-0.2, -0.15) is 0 Å². The lowest BCUT2D eigenvalue weighted by Gasteiger charge is -2.36. The van der Waals surface area contributed by atoms with E-state index in [1.807, 2.05) is 0 Å². The Labute approximate surface area is 126 Å². The van der Waals surface area contributed by atoms with Gasteiger partial charge in [-0.15, -0.1) is 0 Å². The van der Waals surface area contributed by atoms with Crippen LogP contribution in [0.5, 0.6) is 11.5 Å². The van der Waals surface area contributed by atoms with Crippen LogP contribution in [-0.2, 0) is 4.74 Å². The molecule has 22 heavy (non-hydrogen) atoms. The molecule has 118 valence electrons. The molecule has 0 aliphatic carbocycles. The highest BCUT2D eigenvalue weighted by Gasteiger charge is 2.37. The molecule has 0 radical (unpaired) electrons. The first-order valence-corrected chi connectivity index (χ1v) is 7.09. The van der Waals surface area contributed by atoms with Gasteiger partial charge in [0, 0.05) is 22.8 Å². The molecule has 0 unspecified atom stereocenters.